The Kier molecular flexibility index (Phi) is 24.2. The monoisotopic (exact) mass is 204 g/mol. The first kappa shape index (κ1) is 18.8. The van der Waals surface area contributed by atoms with Crippen molar-refractivity contribution in [1.82, 2.24) is 4.90 Å². The maximum Gasteiger partial charge on any atom is 0.100 e. The molecule has 0 amide bonds. The van der Waals surface area contributed by atoms with Crippen LogP contribution < -0.4 is 0 Å². The van der Waals surface area contributed by atoms with E-state index in [9.17, 15) is 0 Å². The van der Waals surface area contributed by atoms with Crippen LogP contribution in [0.1, 0.15) is 20.8 Å². The smallest absolute Gasteiger partial charge is 0.100 e. The molecule has 14 heavy (non-hydrogen) atoms. The van der Waals surface area contributed by atoms with Crippen molar-refractivity contribution in [3.63, 3.8) is 0 Å². The van der Waals surface area contributed by atoms with E-state index in [4.69, 9.17) is 10.2 Å². The van der Waals surface area contributed by atoms with Gasteiger partial charge in [0.1, 0.15) is 5.84 Å². The van der Waals surface area contributed by atoms with Crippen LogP contribution in [0.2, 0.25) is 0 Å². The van der Waals surface area contributed by atoms with Crippen LogP contribution in [-0.2, 0) is 0 Å². The molecule has 86 valence electrons. The zero-order valence-electron chi connectivity index (χ0n) is 9.99. The van der Waals surface area contributed by atoms with Gasteiger partial charge in [0.05, 0.1) is 13.2 Å². The number of hydrogen-bond donors (Lipinski definition) is 2. The third-order valence-electron chi connectivity index (χ3n) is 1.03. The number of hydrogen-bond acceptors (Lipinski definition) is 3. The molecule has 0 aliphatic heterocycles. The van der Waals surface area contributed by atoms with Gasteiger partial charge in [-0.1, -0.05) is 20.4 Å². The number of aliphatic hydroxyl groups is 2. The molecule has 0 unspecified atom stereocenters. The van der Waals surface area contributed by atoms with Gasteiger partial charge in [0.15, 0.2) is 0 Å². The Morgan fingerprint density at radius 3 is 1.71 bits per heavy atom. The Balaban J connectivity index is -0.000000170. The standard InChI is InChI=1S/C6H12N2.C2H6O2.C2H6/c1-5-7-6(2)8(3)4;3-1-2-4;1-2/h5H,1H2,2-4H3;3-4H,1-2H2;1-2H3. The van der Waals surface area contributed by atoms with Crippen LogP contribution in [0.5, 0.6) is 0 Å². The minimum atomic E-state index is -0.125. The van der Waals surface area contributed by atoms with Gasteiger partial charge in [0, 0.05) is 20.3 Å². The summed E-state index contributed by atoms with van der Waals surface area (Å²) in [5.74, 6) is 0.972. The molecule has 0 fully saturated rings. The SMILES string of the molecule is C=CN=C(C)N(C)C.CC.OCCO. The van der Waals surface area contributed by atoms with E-state index in [0.29, 0.717) is 0 Å². The molecular weight excluding hydrogens is 180 g/mol. The maximum atomic E-state index is 7.62. The lowest BCUT2D eigenvalue weighted by molar-refractivity contribution is 0.186. The molecule has 0 saturated heterocycles. The van der Waals surface area contributed by atoms with Crippen LogP contribution in [0.3, 0.4) is 0 Å². The molecule has 4 nitrogen and oxygen atoms in total. The summed E-state index contributed by atoms with van der Waals surface area (Å²) < 4.78 is 0. The first-order chi connectivity index (χ1) is 6.59. The van der Waals surface area contributed by atoms with Crippen molar-refractivity contribution in [2.45, 2.75) is 20.8 Å². The average Bonchev–Trinajstić information content (AvgIpc) is 2.21. The third-order valence-corrected chi connectivity index (χ3v) is 1.03. The lowest BCUT2D eigenvalue weighted by Crippen LogP contribution is -2.17. The van der Waals surface area contributed by atoms with Gasteiger partial charge < -0.3 is 15.1 Å². The molecule has 0 spiro atoms. The number of amidine groups is 1. The summed E-state index contributed by atoms with van der Waals surface area (Å²) in [6.45, 7) is 9.15. The fourth-order valence-corrected chi connectivity index (χ4v) is 0.248. The summed E-state index contributed by atoms with van der Waals surface area (Å²) in [6.07, 6.45) is 1.54. The van der Waals surface area contributed by atoms with E-state index in [0.717, 1.165) is 5.84 Å². The normalized spacial score (nSPS) is 8.93. The minimum absolute atomic E-state index is 0.125. The molecule has 0 saturated carbocycles. The lowest BCUT2D eigenvalue weighted by atomic mass is 10.6. The van der Waals surface area contributed by atoms with E-state index in [1.807, 2.05) is 39.8 Å². The van der Waals surface area contributed by atoms with Crippen molar-refractivity contribution in [2.75, 3.05) is 27.3 Å². The zero-order valence-corrected chi connectivity index (χ0v) is 9.99. The van der Waals surface area contributed by atoms with Crippen LogP contribution >= 0.6 is 0 Å². The Bertz CT molecular complexity index is 132. The second-order valence-electron chi connectivity index (χ2n) is 2.20. The number of aliphatic hydroxyl groups excluding tert-OH is 2. The van der Waals surface area contributed by atoms with Gasteiger partial charge >= 0.3 is 0 Å². The molecule has 0 aromatic heterocycles. The van der Waals surface area contributed by atoms with Crippen LogP contribution in [0.25, 0.3) is 0 Å². The highest BCUT2D eigenvalue weighted by Crippen LogP contribution is 1.80. The lowest BCUT2D eigenvalue weighted by Gasteiger charge is -2.08. The third kappa shape index (κ3) is 22.5. The van der Waals surface area contributed by atoms with Crippen LogP contribution in [0.4, 0.5) is 0 Å². The second-order valence-corrected chi connectivity index (χ2v) is 2.20. The molecule has 2 N–H and O–H groups in total. The van der Waals surface area contributed by atoms with Gasteiger partial charge in [0.25, 0.3) is 0 Å². The van der Waals surface area contributed by atoms with Gasteiger partial charge in [0.2, 0.25) is 0 Å². The summed E-state index contributed by atoms with van der Waals surface area (Å²) in [5.41, 5.74) is 0. The molecular formula is C10H24N2O2. The van der Waals surface area contributed by atoms with Crippen molar-refractivity contribution in [2.24, 2.45) is 4.99 Å². The van der Waals surface area contributed by atoms with E-state index in [-0.39, 0.29) is 13.2 Å². The van der Waals surface area contributed by atoms with Crippen molar-refractivity contribution in [1.29, 1.82) is 0 Å². The molecule has 0 aromatic rings. The molecule has 0 bridgehead atoms. The molecule has 0 aromatic carbocycles. The zero-order chi connectivity index (χ0) is 12.0. The molecule has 0 atom stereocenters. The largest absolute Gasteiger partial charge is 0.394 e. The van der Waals surface area contributed by atoms with Crippen LogP contribution in [-0.4, -0.2) is 48.3 Å². The molecule has 0 aliphatic carbocycles. The average molecular weight is 204 g/mol. The highest BCUT2D eigenvalue weighted by atomic mass is 16.3. The fourth-order valence-electron chi connectivity index (χ4n) is 0.248. The van der Waals surface area contributed by atoms with Gasteiger partial charge in [-0.05, 0) is 6.92 Å². The summed E-state index contributed by atoms with van der Waals surface area (Å²) >= 11 is 0. The molecule has 0 heterocycles. The Morgan fingerprint density at radius 2 is 1.64 bits per heavy atom. The van der Waals surface area contributed by atoms with E-state index < -0.39 is 0 Å². The quantitative estimate of drug-likeness (QED) is 0.523. The number of rotatable bonds is 2. The molecule has 0 aliphatic rings. The van der Waals surface area contributed by atoms with Crippen LogP contribution in [0, 0.1) is 0 Å². The van der Waals surface area contributed by atoms with Gasteiger partial charge in [-0.2, -0.15) is 0 Å². The minimum Gasteiger partial charge on any atom is -0.394 e. The number of nitrogens with zero attached hydrogens (tertiary/aromatic N) is 2. The topological polar surface area (TPSA) is 56.1 Å². The summed E-state index contributed by atoms with van der Waals surface area (Å²) in [5, 5.41) is 15.2. The number of aliphatic imine (C=N–C) groups is 1. The first-order valence-electron chi connectivity index (χ1n) is 4.64. The van der Waals surface area contributed by atoms with E-state index >= 15 is 0 Å². The van der Waals surface area contributed by atoms with Crippen molar-refractivity contribution in [3.05, 3.63) is 12.8 Å². The predicted molar refractivity (Wildman–Crippen MR) is 62.5 cm³/mol. The van der Waals surface area contributed by atoms with Gasteiger partial charge in [-0.15, -0.1) is 0 Å². The maximum absolute atomic E-state index is 7.62. The summed E-state index contributed by atoms with van der Waals surface area (Å²) in [6, 6.07) is 0. The van der Waals surface area contributed by atoms with Gasteiger partial charge in [-0.3, -0.25) is 0 Å². The Labute approximate surface area is 87.6 Å². The fraction of sp³-hybridized carbons (Fsp3) is 0.700. The van der Waals surface area contributed by atoms with Gasteiger partial charge in [-0.25, -0.2) is 4.99 Å². The van der Waals surface area contributed by atoms with E-state index in [1.54, 1.807) is 0 Å². The predicted octanol–water partition coefficient (Wildman–Crippen LogP) is 1.11. The summed E-state index contributed by atoms with van der Waals surface area (Å²) in [7, 11) is 3.89. The van der Waals surface area contributed by atoms with Crippen molar-refractivity contribution < 1.29 is 10.2 Å². The molecule has 0 radical (unpaired) electrons. The Hall–Kier alpha value is -0.870. The van der Waals surface area contributed by atoms with Crippen molar-refractivity contribution >= 4 is 5.84 Å². The highest BCUT2D eigenvalue weighted by Gasteiger charge is 1.86. The summed E-state index contributed by atoms with van der Waals surface area (Å²) in [4.78, 5) is 5.86. The van der Waals surface area contributed by atoms with E-state index in [2.05, 4.69) is 11.6 Å². The highest BCUT2D eigenvalue weighted by molar-refractivity contribution is 5.79. The van der Waals surface area contributed by atoms with E-state index in [1.165, 1.54) is 6.20 Å². The first-order valence-corrected chi connectivity index (χ1v) is 4.64. The Morgan fingerprint density at radius 1 is 1.29 bits per heavy atom. The second kappa shape index (κ2) is 18.0. The molecule has 0 rings (SSSR count). The molecule has 4 heteroatoms. The van der Waals surface area contributed by atoms with Crippen molar-refractivity contribution in [3.8, 4) is 0 Å². The van der Waals surface area contributed by atoms with Crippen LogP contribution in [0.15, 0.2) is 17.8 Å².